The Hall–Kier alpha value is -1.10. The number of carbonyl (C=O) groups excluding carboxylic acids is 1. The number of carboxylic acid groups (broad SMARTS) is 1. The zero-order valence-corrected chi connectivity index (χ0v) is 10.2. The molecule has 1 aliphatic carbocycles. The zero-order valence-electron chi connectivity index (χ0n) is 10.2. The van der Waals surface area contributed by atoms with Crippen molar-refractivity contribution in [3.63, 3.8) is 0 Å². The monoisotopic (exact) mass is 241 g/mol. The van der Waals surface area contributed by atoms with Crippen LogP contribution in [0.5, 0.6) is 0 Å². The van der Waals surface area contributed by atoms with Crippen molar-refractivity contribution in [3.05, 3.63) is 0 Å². The highest BCUT2D eigenvalue weighted by Crippen LogP contribution is 2.23. The van der Waals surface area contributed by atoms with Gasteiger partial charge in [-0.15, -0.1) is 0 Å². The Kier molecular flexibility index (Phi) is 3.99. The first-order valence-corrected chi connectivity index (χ1v) is 6.35. The topological polar surface area (TPSA) is 61.6 Å². The van der Waals surface area contributed by atoms with Crippen molar-refractivity contribution >= 4 is 11.7 Å². The number of carboxylic acids is 1. The molecule has 0 unspecified atom stereocenters. The third kappa shape index (κ3) is 2.77. The highest BCUT2D eigenvalue weighted by Gasteiger charge is 2.42. The molecule has 1 saturated heterocycles. The Bertz CT molecular complexity index is 318. The Morgan fingerprint density at radius 3 is 2.76 bits per heavy atom. The van der Waals surface area contributed by atoms with Gasteiger partial charge in [-0.05, 0) is 24.5 Å². The fraction of sp³-hybridized carbons (Fsp3) is 0.833. The van der Waals surface area contributed by atoms with E-state index in [9.17, 15) is 9.90 Å². The number of hydrogen-bond donors (Lipinski definition) is 0. The Morgan fingerprint density at radius 2 is 2.18 bits per heavy atom. The molecule has 0 aromatic rings. The van der Waals surface area contributed by atoms with Crippen LogP contribution in [0.15, 0.2) is 0 Å². The van der Waals surface area contributed by atoms with E-state index in [0.29, 0.717) is 13.0 Å². The summed E-state index contributed by atoms with van der Waals surface area (Å²) in [5, 5.41) is 11.1. The van der Waals surface area contributed by atoms with Gasteiger partial charge in [-0.3, -0.25) is 0 Å². The van der Waals surface area contributed by atoms with Gasteiger partial charge in [0, 0.05) is 19.4 Å². The minimum absolute atomic E-state index is 0.347. The minimum atomic E-state index is -1.08. The second-order valence-electron chi connectivity index (χ2n) is 4.51. The normalized spacial score (nSPS) is 29.2. The van der Waals surface area contributed by atoms with E-state index in [1.807, 2.05) is 6.92 Å². The fourth-order valence-electron chi connectivity index (χ4n) is 2.47. The van der Waals surface area contributed by atoms with Gasteiger partial charge in [0.05, 0.1) is 6.42 Å². The van der Waals surface area contributed by atoms with Crippen LogP contribution in [0.25, 0.3) is 0 Å². The van der Waals surface area contributed by atoms with E-state index in [2.05, 4.69) is 0 Å². The van der Waals surface area contributed by atoms with E-state index in [1.165, 1.54) is 11.2 Å². The first-order valence-electron chi connectivity index (χ1n) is 6.35. The van der Waals surface area contributed by atoms with Gasteiger partial charge in [0.15, 0.2) is 0 Å². The average Bonchev–Trinajstić information content (AvgIpc) is 2.75. The van der Waals surface area contributed by atoms with Gasteiger partial charge in [0.25, 0.3) is 6.29 Å². The molecule has 96 valence electrons. The molecule has 0 aromatic carbocycles. The van der Waals surface area contributed by atoms with Gasteiger partial charge in [-0.1, -0.05) is 6.42 Å². The average molecular weight is 241 g/mol. The number of aliphatic carboxylic acids is 1. The van der Waals surface area contributed by atoms with Crippen molar-refractivity contribution in [2.45, 2.75) is 57.8 Å². The number of hydroxylamine groups is 1. The van der Waals surface area contributed by atoms with E-state index >= 15 is 0 Å². The standard InChI is InChI=1S/C12H19NO4/c1-2-16-11-8-10(12(14)15)13(17-11)9-6-4-3-5-7-9/h10-11H,2-8H2,1H3/t10-,11+/m0/s1. The van der Waals surface area contributed by atoms with Crippen molar-refractivity contribution < 1.29 is 24.2 Å². The van der Waals surface area contributed by atoms with Crippen molar-refractivity contribution in [2.24, 2.45) is 0 Å². The molecule has 0 radical (unpaired) electrons. The van der Waals surface area contributed by atoms with Crippen LogP contribution in [0, 0.1) is 0 Å². The maximum absolute atomic E-state index is 11.1. The van der Waals surface area contributed by atoms with Crippen LogP contribution in [0.4, 0.5) is 0 Å². The molecule has 0 amide bonds. The van der Waals surface area contributed by atoms with Crippen LogP contribution in [0.1, 0.15) is 45.4 Å². The van der Waals surface area contributed by atoms with Crippen LogP contribution >= 0.6 is 0 Å². The quantitative estimate of drug-likeness (QED) is 0.663. The first kappa shape index (κ1) is 12.4. The van der Waals surface area contributed by atoms with Crippen molar-refractivity contribution in [2.75, 3.05) is 6.61 Å². The zero-order chi connectivity index (χ0) is 12.3. The van der Waals surface area contributed by atoms with E-state index in [1.54, 1.807) is 0 Å². The lowest BCUT2D eigenvalue weighted by molar-refractivity contribution is -0.796. The fourth-order valence-corrected chi connectivity index (χ4v) is 2.47. The lowest BCUT2D eigenvalue weighted by Gasteiger charge is -2.13. The molecule has 2 aliphatic rings. The predicted octanol–water partition coefficient (Wildman–Crippen LogP) is 0.220. The number of carbonyl (C=O) groups is 1. The second-order valence-corrected chi connectivity index (χ2v) is 4.51. The van der Waals surface area contributed by atoms with Crippen LogP contribution in [-0.2, 0) is 14.4 Å². The molecular formula is C12H19NO4. The SMILES string of the molecule is CCO[C@H]1C[C@@H](C(=O)[O-])[N+](=C2CCCCC2)O1. The van der Waals surface area contributed by atoms with Gasteiger partial charge in [0.1, 0.15) is 5.97 Å². The summed E-state index contributed by atoms with van der Waals surface area (Å²) in [6.07, 6.45) is 5.16. The molecule has 0 aromatic heterocycles. The van der Waals surface area contributed by atoms with Crippen LogP contribution < -0.4 is 5.11 Å². The lowest BCUT2D eigenvalue weighted by atomic mass is 9.98. The predicted molar refractivity (Wildman–Crippen MR) is 58.3 cm³/mol. The summed E-state index contributed by atoms with van der Waals surface area (Å²) in [4.78, 5) is 16.7. The number of hydrogen-bond acceptors (Lipinski definition) is 4. The smallest absolute Gasteiger partial charge is 0.276 e. The molecule has 17 heavy (non-hydrogen) atoms. The molecule has 2 fully saturated rings. The Balaban J connectivity index is 2.15. The van der Waals surface area contributed by atoms with Gasteiger partial charge < -0.3 is 14.6 Å². The van der Waals surface area contributed by atoms with E-state index in [4.69, 9.17) is 9.57 Å². The Morgan fingerprint density at radius 1 is 1.47 bits per heavy atom. The van der Waals surface area contributed by atoms with E-state index in [-0.39, 0.29) is 0 Å². The summed E-state index contributed by atoms with van der Waals surface area (Å²) in [6, 6.07) is -0.695. The summed E-state index contributed by atoms with van der Waals surface area (Å²) < 4.78 is 6.87. The highest BCUT2D eigenvalue weighted by molar-refractivity contribution is 5.81. The molecule has 5 heteroatoms. The van der Waals surface area contributed by atoms with Gasteiger partial charge >= 0.3 is 0 Å². The van der Waals surface area contributed by atoms with Crippen molar-refractivity contribution in [1.82, 2.24) is 0 Å². The van der Waals surface area contributed by atoms with Gasteiger partial charge in [-0.25, -0.2) is 4.84 Å². The third-order valence-electron chi connectivity index (χ3n) is 3.30. The Labute approximate surface area is 101 Å². The van der Waals surface area contributed by atoms with E-state index < -0.39 is 18.3 Å². The highest BCUT2D eigenvalue weighted by atomic mass is 16.8. The second kappa shape index (κ2) is 5.49. The summed E-state index contributed by atoms with van der Waals surface area (Å²) in [5.41, 5.74) is 1.08. The number of rotatable bonds is 3. The molecule has 1 saturated carbocycles. The van der Waals surface area contributed by atoms with E-state index in [0.717, 1.165) is 31.4 Å². The molecule has 0 bridgehead atoms. The van der Waals surface area contributed by atoms with Crippen LogP contribution in [-0.4, -0.2) is 35.4 Å². The maximum Gasteiger partial charge on any atom is 0.276 e. The molecule has 1 aliphatic heterocycles. The first-order chi connectivity index (χ1) is 8.22. The summed E-state index contributed by atoms with van der Waals surface area (Å²) in [7, 11) is 0. The number of nitrogens with zero attached hydrogens (tertiary/aromatic N) is 1. The molecule has 1 heterocycles. The lowest BCUT2D eigenvalue weighted by Crippen LogP contribution is -2.42. The molecule has 5 nitrogen and oxygen atoms in total. The summed E-state index contributed by atoms with van der Waals surface area (Å²) >= 11 is 0. The molecule has 2 rings (SSSR count). The summed E-state index contributed by atoms with van der Waals surface area (Å²) in [5.74, 6) is -1.08. The van der Waals surface area contributed by atoms with Crippen molar-refractivity contribution in [1.29, 1.82) is 0 Å². The van der Waals surface area contributed by atoms with Gasteiger partial charge in [0.2, 0.25) is 11.8 Å². The number of ether oxygens (including phenoxy) is 1. The molecule has 0 N–H and O–H groups in total. The minimum Gasteiger partial charge on any atom is -0.543 e. The molecule has 0 spiro atoms. The molecular weight excluding hydrogens is 222 g/mol. The maximum atomic E-state index is 11.1. The van der Waals surface area contributed by atoms with Crippen LogP contribution in [0.2, 0.25) is 0 Å². The van der Waals surface area contributed by atoms with Crippen LogP contribution in [0.3, 0.4) is 0 Å². The van der Waals surface area contributed by atoms with Crippen molar-refractivity contribution in [3.8, 4) is 0 Å². The third-order valence-corrected chi connectivity index (χ3v) is 3.30. The molecule has 2 atom stereocenters. The largest absolute Gasteiger partial charge is 0.543 e. The van der Waals surface area contributed by atoms with Gasteiger partial charge in [-0.2, -0.15) is 0 Å². The summed E-state index contributed by atoms with van der Waals surface area (Å²) in [6.45, 7) is 2.39.